The van der Waals surface area contributed by atoms with E-state index in [1.165, 1.54) is 0 Å². The van der Waals surface area contributed by atoms with Gasteiger partial charge in [-0.15, -0.1) is 0 Å². The zero-order chi connectivity index (χ0) is 22.4. The van der Waals surface area contributed by atoms with Crippen LogP contribution in [0, 0.1) is 5.92 Å². The van der Waals surface area contributed by atoms with Gasteiger partial charge in [0.2, 0.25) is 11.8 Å². The smallest absolute Gasteiger partial charge is 0.325 e. The number of fused-ring (bicyclic) bond motifs is 1. The molecule has 2 aromatic carbocycles. The Balaban J connectivity index is 1.68. The van der Waals surface area contributed by atoms with E-state index < -0.39 is 24.1 Å². The summed E-state index contributed by atoms with van der Waals surface area (Å²) in [5, 5.41) is 10.8. The number of amides is 2. The Morgan fingerprint density at radius 2 is 1.81 bits per heavy atom. The number of carbonyl (C=O) groups excluding carboxylic acids is 3. The van der Waals surface area contributed by atoms with Crippen molar-refractivity contribution in [1.29, 1.82) is 0 Å². The summed E-state index contributed by atoms with van der Waals surface area (Å²) in [5.41, 5.74) is 0.953. The lowest BCUT2D eigenvalue weighted by atomic mass is 10.0. The third-order valence-corrected chi connectivity index (χ3v) is 5.31. The van der Waals surface area contributed by atoms with Gasteiger partial charge in [0.05, 0.1) is 6.61 Å². The van der Waals surface area contributed by atoms with E-state index in [2.05, 4.69) is 29.8 Å². The van der Waals surface area contributed by atoms with Crippen molar-refractivity contribution in [3.8, 4) is 0 Å². The molecule has 2 aromatic rings. The van der Waals surface area contributed by atoms with Gasteiger partial charge in [0.1, 0.15) is 18.1 Å². The van der Waals surface area contributed by atoms with Gasteiger partial charge in [-0.25, -0.2) is 0 Å². The van der Waals surface area contributed by atoms with Crippen LogP contribution in [0.1, 0.15) is 32.8 Å². The maximum atomic E-state index is 12.9. The summed E-state index contributed by atoms with van der Waals surface area (Å²) in [6.07, 6.45) is 1.22. The highest BCUT2D eigenvalue weighted by atomic mass is 16.5. The number of carbonyl (C=O) groups is 3. The van der Waals surface area contributed by atoms with Crippen LogP contribution in [-0.2, 0) is 25.5 Å². The molecule has 3 N–H and O–H groups in total. The highest BCUT2D eigenvalue weighted by Gasteiger charge is 2.49. The Morgan fingerprint density at radius 1 is 1.06 bits per heavy atom. The van der Waals surface area contributed by atoms with Crippen molar-refractivity contribution in [2.75, 3.05) is 13.2 Å². The summed E-state index contributed by atoms with van der Waals surface area (Å²) in [7, 11) is 0. The van der Waals surface area contributed by atoms with Gasteiger partial charge in [0, 0.05) is 13.0 Å². The number of hydrogen-bond acceptors (Lipinski definition) is 5. The van der Waals surface area contributed by atoms with E-state index in [0.717, 1.165) is 22.8 Å². The summed E-state index contributed by atoms with van der Waals surface area (Å²) in [5.74, 6) is -0.580. The predicted molar refractivity (Wildman–Crippen MR) is 119 cm³/mol. The fourth-order valence-electron chi connectivity index (χ4n) is 3.48. The molecule has 7 nitrogen and oxygen atoms in total. The summed E-state index contributed by atoms with van der Waals surface area (Å²) in [6.45, 7) is 6.71. The lowest BCUT2D eigenvalue weighted by molar-refractivity contribution is -0.143. The molecule has 1 aliphatic rings. The van der Waals surface area contributed by atoms with Gasteiger partial charge < -0.3 is 15.4 Å². The maximum absolute atomic E-state index is 12.9. The van der Waals surface area contributed by atoms with E-state index in [9.17, 15) is 14.4 Å². The van der Waals surface area contributed by atoms with Crippen molar-refractivity contribution < 1.29 is 19.1 Å². The van der Waals surface area contributed by atoms with Crippen LogP contribution in [0.3, 0.4) is 0 Å². The summed E-state index contributed by atoms with van der Waals surface area (Å²) < 4.78 is 4.95. The second-order valence-corrected chi connectivity index (χ2v) is 8.29. The van der Waals surface area contributed by atoms with Crippen molar-refractivity contribution >= 4 is 28.6 Å². The second-order valence-electron chi connectivity index (χ2n) is 8.29. The topological polar surface area (TPSA) is 106 Å². The zero-order valence-corrected chi connectivity index (χ0v) is 18.3. The van der Waals surface area contributed by atoms with E-state index in [4.69, 9.17) is 4.74 Å². The van der Waals surface area contributed by atoms with Gasteiger partial charge in [-0.05, 0) is 35.6 Å². The molecule has 0 aromatic heterocycles. The van der Waals surface area contributed by atoms with E-state index in [0.29, 0.717) is 18.9 Å². The third kappa shape index (κ3) is 6.28. The van der Waals surface area contributed by atoms with Crippen LogP contribution in [0.2, 0.25) is 0 Å². The normalized spacial score (nSPS) is 18.5. The minimum absolute atomic E-state index is 0.226. The van der Waals surface area contributed by atoms with Gasteiger partial charge in [-0.1, -0.05) is 56.3 Å². The van der Waals surface area contributed by atoms with Crippen LogP contribution in [0.15, 0.2) is 42.5 Å². The van der Waals surface area contributed by atoms with Crippen LogP contribution in [0.25, 0.3) is 10.8 Å². The van der Waals surface area contributed by atoms with Gasteiger partial charge in [0.25, 0.3) is 0 Å². The van der Waals surface area contributed by atoms with E-state index in [1.807, 2.05) is 42.5 Å². The molecular weight excluding hydrogens is 394 g/mol. The van der Waals surface area contributed by atoms with Crippen molar-refractivity contribution in [1.82, 2.24) is 16.0 Å². The Kier molecular flexibility index (Phi) is 7.63. The SMILES string of the molecule is CCOC(=O)[C@H]1N[C@@H]1C(=O)N[C@@H](Cc1ccc2ccccc2c1)C(=O)NCCC(C)C. The lowest BCUT2D eigenvalue weighted by Gasteiger charge is -2.19. The fraction of sp³-hybridized carbons (Fsp3) is 0.458. The van der Waals surface area contributed by atoms with Crippen LogP contribution in [0.4, 0.5) is 0 Å². The van der Waals surface area contributed by atoms with Crippen molar-refractivity contribution in [3.63, 3.8) is 0 Å². The first-order valence-electron chi connectivity index (χ1n) is 10.9. The van der Waals surface area contributed by atoms with E-state index >= 15 is 0 Å². The first-order valence-corrected chi connectivity index (χ1v) is 10.9. The molecule has 0 aliphatic carbocycles. The number of rotatable bonds is 10. The Morgan fingerprint density at radius 3 is 2.52 bits per heavy atom. The highest BCUT2D eigenvalue weighted by molar-refractivity contribution is 5.97. The molecule has 2 amide bonds. The first kappa shape index (κ1) is 22.7. The summed E-state index contributed by atoms with van der Waals surface area (Å²) in [6, 6.07) is 12.0. The maximum Gasteiger partial charge on any atom is 0.325 e. The molecule has 0 spiro atoms. The molecule has 31 heavy (non-hydrogen) atoms. The number of esters is 1. The monoisotopic (exact) mass is 425 g/mol. The molecule has 0 saturated carbocycles. The Bertz CT molecular complexity index is 943. The van der Waals surface area contributed by atoms with Gasteiger partial charge in [-0.3, -0.25) is 19.7 Å². The first-order chi connectivity index (χ1) is 14.9. The predicted octanol–water partition coefficient (Wildman–Crippen LogP) is 1.93. The zero-order valence-electron chi connectivity index (χ0n) is 18.3. The van der Waals surface area contributed by atoms with Crippen molar-refractivity contribution in [2.24, 2.45) is 5.92 Å². The minimum Gasteiger partial charge on any atom is -0.465 e. The van der Waals surface area contributed by atoms with Gasteiger partial charge in [-0.2, -0.15) is 0 Å². The average Bonchev–Trinajstić information content (AvgIpc) is 3.54. The minimum atomic E-state index is -0.730. The van der Waals surface area contributed by atoms with Crippen LogP contribution in [0.5, 0.6) is 0 Å². The standard InChI is InChI=1S/C24H31N3O4/c1-4-31-24(30)21-20(27-21)23(29)26-19(22(28)25-12-11-15(2)3)14-16-9-10-17-7-5-6-8-18(17)13-16/h5-10,13,15,19-21,27H,4,11-12,14H2,1-3H3,(H,25,28)(H,26,29)/t19-,20-,21-/m0/s1. The van der Waals surface area contributed by atoms with Gasteiger partial charge in [0.15, 0.2) is 0 Å². The molecule has 3 rings (SSSR count). The number of ether oxygens (including phenoxy) is 1. The average molecular weight is 426 g/mol. The molecule has 1 saturated heterocycles. The molecule has 0 radical (unpaired) electrons. The third-order valence-electron chi connectivity index (χ3n) is 5.31. The highest BCUT2D eigenvalue weighted by Crippen LogP contribution is 2.18. The quantitative estimate of drug-likeness (QED) is 0.398. The Labute approximate surface area is 182 Å². The van der Waals surface area contributed by atoms with Crippen molar-refractivity contribution in [3.05, 3.63) is 48.0 Å². The van der Waals surface area contributed by atoms with Crippen LogP contribution >= 0.6 is 0 Å². The fourth-order valence-corrected chi connectivity index (χ4v) is 3.48. The lowest BCUT2D eigenvalue weighted by Crippen LogP contribution is -2.50. The molecule has 1 aliphatic heterocycles. The Hall–Kier alpha value is -2.93. The number of hydrogen-bond donors (Lipinski definition) is 3. The molecule has 3 atom stereocenters. The number of benzene rings is 2. The molecule has 0 unspecified atom stereocenters. The van der Waals surface area contributed by atoms with Crippen molar-refractivity contribution in [2.45, 2.75) is 51.7 Å². The van der Waals surface area contributed by atoms with E-state index in [-0.39, 0.29) is 18.4 Å². The second kappa shape index (κ2) is 10.4. The molecule has 7 heteroatoms. The van der Waals surface area contributed by atoms with Crippen LogP contribution < -0.4 is 16.0 Å². The molecule has 1 heterocycles. The molecule has 166 valence electrons. The van der Waals surface area contributed by atoms with E-state index in [1.54, 1.807) is 6.92 Å². The largest absolute Gasteiger partial charge is 0.465 e. The van der Waals surface area contributed by atoms with Crippen LogP contribution in [-0.4, -0.2) is 49.1 Å². The summed E-state index contributed by atoms with van der Waals surface area (Å²) in [4.78, 5) is 37.3. The van der Waals surface area contributed by atoms with Gasteiger partial charge >= 0.3 is 5.97 Å². The molecule has 0 bridgehead atoms. The molecular formula is C24H31N3O4. The number of nitrogens with one attached hydrogen (secondary N) is 3. The molecule has 1 fully saturated rings. The summed E-state index contributed by atoms with van der Waals surface area (Å²) >= 11 is 0.